The van der Waals surface area contributed by atoms with Crippen LogP contribution >= 0.6 is 0 Å². The van der Waals surface area contributed by atoms with E-state index in [2.05, 4.69) is 17.4 Å². The van der Waals surface area contributed by atoms with Crippen LogP contribution in [0.3, 0.4) is 0 Å². The smallest absolute Gasteiger partial charge is 0.334 e. The monoisotopic (exact) mass is 491 g/mol. The first-order chi connectivity index (χ1) is 17.4. The Kier molecular flexibility index (Phi) is 8.25. The maximum absolute atomic E-state index is 13.6. The molecule has 2 fully saturated rings. The van der Waals surface area contributed by atoms with Gasteiger partial charge in [0.2, 0.25) is 11.8 Å². The molecule has 4 amide bonds. The number of rotatable bonds is 8. The number of carbonyl (C=O) groups is 3. The topological polar surface area (TPSA) is 76.2 Å². The van der Waals surface area contributed by atoms with Crippen LogP contribution in [0.4, 0.5) is 4.79 Å². The number of likely N-dealkylation sites (N-methyl/N-ethyl adjacent to an activating group) is 1. The minimum atomic E-state index is -0.573. The maximum atomic E-state index is 13.6. The first kappa shape index (κ1) is 25.7. The molecule has 8 heteroatoms. The molecule has 0 saturated carbocycles. The molecule has 0 aliphatic carbocycles. The first-order valence-electron chi connectivity index (χ1n) is 12.9. The normalized spacial score (nSPS) is 21.4. The van der Waals surface area contributed by atoms with Gasteiger partial charge in [-0.25, -0.2) is 14.8 Å². The quantitative estimate of drug-likeness (QED) is 0.616. The fraction of sp³-hybridized carbons (Fsp3) is 0.464. The van der Waals surface area contributed by atoms with Gasteiger partial charge in [-0.15, -0.1) is 0 Å². The fourth-order valence-corrected chi connectivity index (χ4v) is 5.17. The summed E-state index contributed by atoms with van der Waals surface area (Å²) in [5.41, 5.74) is 2.23. The van der Waals surface area contributed by atoms with Gasteiger partial charge in [0.15, 0.2) is 0 Å². The van der Waals surface area contributed by atoms with Gasteiger partial charge in [-0.2, -0.15) is 0 Å². The highest BCUT2D eigenvalue weighted by atomic mass is 16.2. The van der Waals surface area contributed by atoms with Crippen LogP contribution in [0.15, 0.2) is 60.7 Å². The number of aryl methyl sites for hydroxylation is 1. The molecule has 0 radical (unpaired) electrons. The molecule has 2 aromatic rings. The summed E-state index contributed by atoms with van der Waals surface area (Å²) < 4.78 is 0. The summed E-state index contributed by atoms with van der Waals surface area (Å²) in [7, 11) is 1.76. The third kappa shape index (κ3) is 5.54. The molecule has 2 aliphatic rings. The van der Waals surface area contributed by atoms with E-state index in [1.165, 1.54) is 5.56 Å². The molecule has 2 saturated heterocycles. The lowest BCUT2D eigenvalue weighted by Gasteiger charge is -2.55. The van der Waals surface area contributed by atoms with Crippen molar-refractivity contribution in [3.8, 4) is 0 Å². The molecule has 36 heavy (non-hydrogen) atoms. The van der Waals surface area contributed by atoms with E-state index in [0.29, 0.717) is 19.6 Å². The Labute approximate surface area is 213 Å². The zero-order valence-electron chi connectivity index (χ0n) is 21.5. The summed E-state index contributed by atoms with van der Waals surface area (Å²) >= 11 is 0. The molecule has 0 spiro atoms. The van der Waals surface area contributed by atoms with E-state index >= 15 is 0 Å². The van der Waals surface area contributed by atoms with Gasteiger partial charge in [-0.05, 0) is 29.9 Å². The predicted molar refractivity (Wildman–Crippen MR) is 138 cm³/mol. The summed E-state index contributed by atoms with van der Waals surface area (Å²) in [4.78, 5) is 43.8. The van der Waals surface area contributed by atoms with Crippen LogP contribution in [-0.2, 0) is 22.6 Å². The highest BCUT2D eigenvalue weighted by molar-refractivity contribution is 5.91. The third-order valence-electron chi connectivity index (χ3n) is 7.29. The predicted octanol–water partition coefficient (Wildman–Crippen LogP) is 3.10. The van der Waals surface area contributed by atoms with E-state index in [1.54, 1.807) is 22.0 Å². The Morgan fingerprint density at radius 1 is 1.03 bits per heavy atom. The Hall–Kier alpha value is -3.39. The van der Waals surface area contributed by atoms with Gasteiger partial charge in [-0.1, -0.05) is 80.9 Å². The van der Waals surface area contributed by atoms with Crippen LogP contribution in [0, 0.1) is 5.92 Å². The summed E-state index contributed by atoms with van der Waals surface area (Å²) in [6, 6.07) is 19.1. The van der Waals surface area contributed by atoms with Crippen molar-refractivity contribution in [1.29, 1.82) is 0 Å². The van der Waals surface area contributed by atoms with Crippen molar-refractivity contribution in [1.82, 2.24) is 25.1 Å². The molecule has 2 aliphatic heterocycles. The zero-order chi connectivity index (χ0) is 25.7. The van der Waals surface area contributed by atoms with E-state index in [-0.39, 0.29) is 30.3 Å². The first-order valence-corrected chi connectivity index (χ1v) is 12.9. The number of hydrogen-bond acceptors (Lipinski definition) is 4. The van der Waals surface area contributed by atoms with Gasteiger partial charge >= 0.3 is 6.03 Å². The molecule has 8 nitrogen and oxygen atoms in total. The second kappa shape index (κ2) is 11.6. The van der Waals surface area contributed by atoms with E-state index in [0.717, 1.165) is 24.8 Å². The van der Waals surface area contributed by atoms with Gasteiger partial charge in [0, 0.05) is 20.1 Å². The molecule has 0 aromatic heterocycles. The number of nitrogens with zero attached hydrogens (tertiary/aromatic N) is 4. The van der Waals surface area contributed by atoms with Crippen LogP contribution in [-0.4, -0.2) is 76.6 Å². The number of carbonyl (C=O) groups excluding carboxylic acids is 3. The average Bonchev–Trinajstić information content (AvgIpc) is 2.89. The van der Waals surface area contributed by atoms with E-state index < -0.39 is 12.2 Å². The Balaban J connectivity index is 1.54. The van der Waals surface area contributed by atoms with Crippen LogP contribution in [0.2, 0.25) is 0 Å². The summed E-state index contributed by atoms with van der Waals surface area (Å²) in [5, 5.41) is 6.30. The number of amides is 4. The van der Waals surface area contributed by atoms with Gasteiger partial charge in [0.05, 0.1) is 13.1 Å². The van der Waals surface area contributed by atoms with Crippen LogP contribution in [0.5, 0.6) is 0 Å². The van der Waals surface area contributed by atoms with Gasteiger partial charge in [-0.3, -0.25) is 9.59 Å². The lowest BCUT2D eigenvalue weighted by atomic mass is 9.92. The summed E-state index contributed by atoms with van der Waals surface area (Å²) in [5.74, 6) is -0.146. The number of piperazine rings is 1. The summed E-state index contributed by atoms with van der Waals surface area (Å²) in [6.07, 6.45) is 1.91. The second-order valence-electron chi connectivity index (χ2n) is 9.79. The molecule has 2 heterocycles. The minimum Gasteiger partial charge on any atom is -0.337 e. The van der Waals surface area contributed by atoms with Crippen molar-refractivity contribution < 1.29 is 14.4 Å². The van der Waals surface area contributed by atoms with E-state index in [1.807, 2.05) is 67.3 Å². The van der Waals surface area contributed by atoms with Crippen molar-refractivity contribution in [2.75, 3.05) is 26.7 Å². The SMILES string of the molecule is CCC(C)[C@H]1C(=O)N(CCCc2ccccc2)C[C@H]2N1C(=O)CN(C)N2C(=O)NCc1ccccc1. The highest BCUT2D eigenvalue weighted by Crippen LogP contribution is 2.30. The lowest BCUT2D eigenvalue weighted by molar-refractivity contribution is -0.190. The average molecular weight is 492 g/mol. The molecule has 0 bridgehead atoms. The van der Waals surface area contributed by atoms with E-state index in [4.69, 9.17) is 0 Å². The molecule has 1 unspecified atom stereocenters. The largest absolute Gasteiger partial charge is 0.337 e. The van der Waals surface area contributed by atoms with Crippen LogP contribution < -0.4 is 5.32 Å². The highest BCUT2D eigenvalue weighted by Gasteiger charge is 2.51. The van der Waals surface area contributed by atoms with Crippen LogP contribution in [0.25, 0.3) is 0 Å². The van der Waals surface area contributed by atoms with Crippen molar-refractivity contribution in [2.45, 2.75) is 51.9 Å². The molecule has 2 aromatic carbocycles. The zero-order valence-corrected chi connectivity index (χ0v) is 21.5. The molecule has 1 N–H and O–H groups in total. The number of hydrazine groups is 1. The van der Waals surface area contributed by atoms with E-state index in [9.17, 15) is 14.4 Å². The van der Waals surface area contributed by atoms with Crippen molar-refractivity contribution in [3.05, 3.63) is 71.8 Å². The van der Waals surface area contributed by atoms with Gasteiger partial charge in [0.25, 0.3) is 0 Å². The van der Waals surface area contributed by atoms with Gasteiger partial charge in [0.1, 0.15) is 12.2 Å². The van der Waals surface area contributed by atoms with Crippen molar-refractivity contribution >= 4 is 17.8 Å². The number of benzene rings is 2. The number of urea groups is 1. The third-order valence-corrected chi connectivity index (χ3v) is 7.29. The van der Waals surface area contributed by atoms with Crippen molar-refractivity contribution in [3.63, 3.8) is 0 Å². The second-order valence-corrected chi connectivity index (χ2v) is 9.79. The molecule has 3 atom stereocenters. The Morgan fingerprint density at radius 2 is 1.67 bits per heavy atom. The molecule has 192 valence electrons. The van der Waals surface area contributed by atoms with Gasteiger partial charge < -0.3 is 15.1 Å². The Morgan fingerprint density at radius 3 is 2.31 bits per heavy atom. The number of nitrogens with one attached hydrogen (secondary N) is 1. The number of hydrogen-bond donors (Lipinski definition) is 1. The Bertz CT molecular complexity index is 1050. The summed E-state index contributed by atoms with van der Waals surface area (Å²) in [6.45, 7) is 5.38. The molecule has 4 rings (SSSR count). The maximum Gasteiger partial charge on any atom is 0.334 e. The van der Waals surface area contributed by atoms with Crippen LogP contribution in [0.1, 0.15) is 37.8 Å². The molecular formula is C28H37N5O3. The molecular weight excluding hydrogens is 454 g/mol. The standard InChI is InChI=1S/C28H37N5O3/c1-4-21(2)26-27(35)31(17-11-16-22-12-7-5-8-13-22)19-24-32(26)25(34)20-30(3)33(24)28(36)29-18-23-14-9-6-10-15-23/h5-10,12-15,21,24,26H,4,11,16-20H2,1-3H3,(H,29,36)/t21?,24-,26-/m0/s1. The minimum absolute atomic E-state index is 0.0153. The van der Waals surface area contributed by atoms with Crippen molar-refractivity contribution in [2.24, 2.45) is 5.92 Å². The lowest BCUT2D eigenvalue weighted by Crippen LogP contribution is -2.76. The fourth-order valence-electron chi connectivity index (χ4n) is 5.17. The number of fused-ring (bicyclic) bond motifs is 1.